The summed E-state index contributed by atoms with van der Waals surface area (Å²) in [5.41, 5.74) is 0.0269. The van der Waals surface area contributed by atoms with Crippen LogP contribution >= 0.6 is 0 Å². The Balaban J connectivity index is 1.46. The highest BCUT2D eigenvalue weighted by atomic mass is 19.4. The zero-order valence-electron chi connectivity index (χ0n) is 16.0. The van der Waals surface area contributed by atoms with Crippen LogP contribution in [0, 0.1) is 11.6 Å². The van der Waals surface area contributed by atoms with Crippen molar-refractivity contribution in [3.63, 3.8) is 0 Å². The van der Waals surface area contributed by atoms with E-state index in [4.69, 9.17) is 4.74 Å². The number of fused-ring (bicyclic) bond motifs is 1. The molecular formula is C18H15F5N6O2. The van der Waals surface area contributed by atoms with Gasteiger partial charge in [-0.3, -0.25) is 4.79 Å². The zero-order valence-corrected chi connectivity index (χ0v) is 16.0. The number of hydrogen-bond acceptors (Lipinski definition) is 5. The number of alkyl halides is 3. The third-order valence-electron chi connectivity index (χ3n) is 4.81. The van der Waals surface area contributed by atoms with Crippen LogP contribution in [-0.2, 0) is 19.5 Å². The zero-order chi connectivity index (χ0) is 22.3. The van der Waals surface area contributed by atoms with Crippen LogP contribution in [0.5, 0.6) is 5.75 Å². The van der Waals surface area contributed by atoms with E-state index in [1.807, 2.05) is 0 Å². The van der Waals surface area contributed by atoms with Crippen molar-refractivity contribution < 1.29 is 31.5 Å². The first-order chi connectivity index (χ1) is 14.6. The Labute approximate surface area is 171 Å². The largest absolute Gasteiger partial charge is 0.468 e. The maximum absolute atomic E-state index is 13.6. The van der Waals surface area contributed by atoms with E-state index in [0.29, 0.717) is 6.07 Å². The second-order valence-corrected chi connectivity index (χ2v) is 6.79. The molecule has 1 aliphatic heterocycles. The van der Waals surface area contributed by atoms with E-state index in [9.17, 15) is 26.7 Å². The first kappa shape index (κ1) is 20.8. The number of benzene rings is 1. The second kappa shape index (κ2) is 7.63. The van der Waals surface area contributed by atoms with E-state index in [0.717, 1.165) is 16.7 Å². The second-order valence-electron chi connectivity index (χ2n) is 6.79. The lowest BCUT2D eigenvalue weighted by Gasteiger charge is -2.33. The Morgan fingerprint density at radius 1 is 1.19 bits per heavy atom. The van der Waals surface area contributed by atoms with Gasteiger partial charge in [0.1, 0.15) is 5.82 Å². The lowest BCUT2D eigenvalue weighted by Crippen LogP contribution is -2.42. The predicted molar refractivity (Wildman–Crippen MR) is 93.7 cm³/mol. The van der Waals surface area contributed by atoms with Gasteiger partial charge < -0.3 is 14.2 Å². The van der Waals surface area contributed by atoms with Crippen LogP contribution in [0.15, 0.2) is 30.5 Å². The van der Waals surface area contributed by atoms with Gasteiger partial charge in [0.2, 0.25) is 5.82 Å². The lowest BCUT2D eigenvalue weighted by molar-refractivity contribution is -0.148. The fourth-order valence-electron chi connectivity index (χ4n) is 3.30. The quantitative estimate of drug-likeness (QED) is 0.581. The first-order valence-electron chi connectivity index (χ1n) is 9.07. The highest BCUT2D eigenvalue weighted by molar-refractivity contribution is 5.92. The summed E-state index contributed by atoms with van der Waals surface area (Å²) in [6.45, 7) is 1.21. The minimum Gasteiger partial charge on any atom is -0.468 e. The van der Waals surface area contributed by atoms with Crippen LogP contribution in [-0.4, -0.2) is 41.9 Å². The molecule has 1 unspecified atom stereocenters. The van der Waals surface area contributed by atoms with Crippen molar-refractivity contribution in [2.45, 2.75) is 32.4 Å². The summed E-state index contributed by atoms with van der Waals surface area (Å²) >= 11 is 0. The predicted octanol–water partition coefficient (Wildman–Crippen LogP) is 3.03. The van der Waals surface area contributed by atoms with Gasteiger partial charge in [-0.2, -0.15) is 18.3 Å². The Bertz CT molecular complexity index is 1130. The smallest absolute Gasteiger partial charge is 0.451 e. The van der Waals surface area contributed by atoms with E-state index < -0.39 is 35.6 Å². The number of amides is 1. The monoisotopic (exact) mass is 442 g/mol. The summed E-state index contributed by atoms with van der Waals surface area (Å²) in [6, 6.07) is 3.49. The SMILES string of the molecule is CC1c2nnc(C(F)(F)F)n2CCN1C(=O)c1ccn(COc2ccc(F)cc2F)n1. The average molecular weight is 442 g/mol. The molecule has 13 heteroatoms. The van der Waals surface area contributed by atoms with Crippen LogP contribution in [0.3, 0.4) is 0 Å². The standard InChI is InChI=1S/C18H15F5N6O2/c1-10-15-24-25-17(18(21,22)23)29(15)7-6-28(10)16(30)13-4-5-27(26-13)9-31-14-3-2-11(19)8-12(14)20/h2-5,8,10H,6-7,9H2,1H3. The Hall–Kier alpha value is -3.51. The number of halogens is 5. The van der Waals surface area contributed by atoms with Crippen LogP contribution in [0.25, 0.3) is 0 Å². The molecule has 2 aromatic heterocycles. The van der Waals surface area contributed by atoms with Crippen LogP contribution in [0.4, 0.5) is 22.0 Å². The van der Waals surface area contributed by atoms with Crippen molar-refractivity contribution in [3.05, 3.63) is 59.4 Å². The number of carbonyl (C=O) groups excluding carboxylic acids is 1. The minimum absolute atomic E-state index is 0.0122. The van der Waals surface area contributed by atoms with Gasteiger partial charge in [-0.1, -0.05) is 0 Å². The van der Waals surface area contributed by atoms with Crippen molar-refractivity contribution in [1.82, 2.24) is 29.4 Å². The summed E-state index contributed by atoms with van der Waals surface area (Å²) in [6.07, 6.45) is -3.21. The van der Waals surface area contributed by atoms with Crippen molar-refractivity contribution in [2.24, 2.45) is 0 Å². The highest BCUT2D eigenvalue weighted by Crippen LogP contribution is 2.33. The fourth-order valence-corrected chi connectivity index (χ4v) is 3.30. The summed E-state index contributed by atoms with van der Waals surface area (Å²) in [5.74, 6) is -3.40. The van der Waals surface area contributed by atoms with Crippen molar-refractivity contribution >= 4 is 5.91 Å². The van der Waals surface area contributed by atoms with E-state index in [1.165, 1.54) is 21.8 Å². The molecular weight excluding hydrogens is 427 g/mol. The van der Waals surface area contributed by atoms with Gasteiger partial charge in [0.15, 0.2) is 29.8 Å². The Kier molecular flexibility index (Phi) is 5.11. The molecule has 1 amide bonds. The Morgan fingerprint density at radius 3 is 2.68 bits per heavy atom. The molecule has 3 heterocycles. The van der Waals surface area contributed by atoms with E-state index in [-0.39, 0.29) is 37.1 Å². The van der Waals surface area contributed by atoms with E-state index in [1.54, 1.807) is 6.92 Å². The summed E-state index contributed by atoms with van der Waals surface area (Å²) in [7, 11) is 0. The molecule has 31 heavy (non-hydrogen) atoms. The topological polar surface area (TPSA) is 78.1 Å². The van der Waals surface area contributed by atoms with Crippen LogP contribution in [0.1, 0.15) is 35.1 Å². The van der Waals surface area contributed by atoms with Crippen molar-refractivity contribution in [3.8, 4) is 5.75 Å². The number of hydrogen-bond donors (Lipinski definition) is 0. The normalized spacial score (nSPS) is 16.3. The summed E-state index contributed by atoms with van der Waals surface area (Å²) in [5, 5.41) is 10.9. The van der Waals surface area contributed by atoms with E-state index >= 15 is 0 Å². The third-order valence-corrected chi connectivity index (χ3v) is 4.81. The number of carbonyl (C=O) groups is 1. The molecule has 0 N–H and O–H groups in total. The molecule has 0 bridgehead atoms. The number of nitrogens with zero attached hydrogens (tertiary/aromatic N) is 6. The molecule has 8 nitrogen and oxygen atoms in total. The fraction of sp³-hybridized carbons (Fsp3) is 0.333. The van der Waals surface area contributed by atoms with Gasteiger partial charge in [-0.25, -0.2) is 13.5 Å². The third kappa shape index (κ3) is 3.94. The van der Waals surface area contributed by atoms with E-state index in [2.05, 4.69) is 15.3 Å². The lowest BCUT2D eigenvalue weighted by atomic mass is 10.2. The maximum Gasteiger partial charge on any atom is 0.451 e. The molecule has 4 rings (SSSR count). The molecule has 0 radical (unpaired) electrons. The molecule has 1 aliphatic rings. The van der Waals surface area contributed by atoms with Crippen molar-refractivity contribution in [1.29, 1.82) is 0 Å². The van der Waals surface area contributed by atoms with Gasteiger partial charge in [0.25, 0.3) is 5.91 Å². The maximum atomic E-state index is 13.6. The Morgan fingerprint density at radius 2 is 1.97 bits per heavy atom. The molecule has 0 saturated carbocycles. The molecule has 1 aromatic carbocycles. The first-order valence-corrected chi connectivity index (χ1v) is 9.07. The van der Waals surface area contributed by atoms with Crippen LogP contribution < -0.4 is 4.74 Å². The number of aromatic nitrogens is 5. The number of ether oxygens (including phenoxy) is 1. The number of rotatable bonds is 4. The van der Waals surface area contributed by atoms with Gasteiger partial charge >= 0.3 is 6.18 Å². The molecule has 164 valence electrons. The minimum atomic E-state index is -4.64. The molecule has 0 spiro atoms. The van der Waals surface area contributed by atoms with Gasteiger partial charge in [-0.05, 0) is 25.1 Å². The molecule has 1 atom stereocenters. The highest BCUT2D eigenvalue weighted by Gasteiger charge is 2.42. The van der Waals surface area contributed by atoms with Gasteiger partial charge in [0.05, 0.1) is 6.04 Å². The molecule has 3 aromatic rings. The van der Waals surface area contributed by atoms with Crippen molar-refractivity contribution in [2.75, 3.05) is 6.54 Å². The van der Waals surface area contributed by atoms with Gasteiger partial charge in [-0.15, -0.1) is 10.2 Å². The average Bonchev–Trinajstić information content (AvgIpc) is 3.34. The van der Waals surface area contributed by atoms with Crippen LogP contribution in [0.2, 0.25) is 0 Å². The summed E-state index contributed by atoms with van der Waals surface area (Å²) < 4.78 is 73.1. The molecule has 0 saturated heterocycles. The summed E-state index contributed by atoms with van der Waals surface area (Å²) in [4.78, 5) is 14.2. The molecule has 0 fully saturated rings. The molecule has 0 aliphatic carbocycles. The van der Waals surface area contributed by atoms with Gasteiger partial charge in [0, 0.05) is 25.4 Å².